The Bertz CT molecular complexity index is 583. The van der Waals surface area contributed by atoms with E-state index in [1.807, 2.05) is 6.92 Å². The van der Waals surface area contributed by atoms with E-state index < -0.39 is 0 Å². The van der Waals surface area contributed by atoms with Gasteiger partial charge in [-0.15, -0.1) is 11.3 Å². The summed E-state index contributed by atoms with van der Waals surface area (Å²) in [6, 6.07) is 4.79. The summed E-state index contributed by atoms with van der Waals surface area (Å²) in [5, 5.41) is 12.4. The number of nitrogens with zero attached hydrogens (tertiary/aromatic N) is 1. The standard InChI is InChI=1S/C12H11BrN2O2S/c1-7-11(18-6-15-7)5-14-12(17)9-3-2-8(13)4-10(9)16/h2-4,6,16H,5H2,1H3,(H,14,17). The summed E-state index contributed by atoms with van der Waals surface area (Å²) in [7, 11) is 0. The molecule has 0 bridgehead atoms. The van der Waals surface area contributed by atoms with Crippen LogP contribution >= 0.6 is 27.3 Å². The molecule has 0 fully saturated rings. The van der Waals surface area contributed by atoms with Gasteiger partial charge < -0.3 is 10.4 Å². The normalized spacial score (nSPS) is 10.3. The van der Waals surface area contributed by atoms with Gasteiger partial charge in [-0.2, -0.15) is 0 Å². The van der Waals surface area contributed by atoms with Crippen molar-refractivity contribution in [3.63, 3.8) is 0 Å². The number of carbonyl (C=O) groups excluding carboxylic acids is 1. The molecule has 0 aliphatic rings. The monoisotopic (exact) mass is 326 g/mol. The zero-order chi connectivity index (χ0) is 13.1. The molecule has 1 aromatic carbocycles. The Morgan fingerprint density at radius 2 is 2.33 bits per heavy atom. The van der Waals surface area contributed by atoms with Crippen LogP contribution < -0.4 is 5.32 Å². The molecule has 0 aliphatic heterocycles. The average molecular weight is 327 g/mol. The van der Waals surface area contributed by atoms with Crippen LogP contribution in [-0.4, -0.2) is 16.0 Å². The number of halogens is 1. The molecule has 2 aromatic rings. The number of phenolic OH excluding ortho intramolecular Hbond substituents is 1. The van der Waals surface area contributed by atoms with E-state index in [9.17, 15) is 9.90 Å². The number of carbonyl (C=O) groups is 1. The van der Waals surface area contributed by atoms with Gasteiger partial charge >= 0.3 is 0 Å². The van der Waals surface area contributed by atoms with E-state index in [1.165, 1.54) is 17.4 Å². The lowest BCUT2D eigenvalue weighted by Crippen LogP contribution is -2.22. The zero-order valence-electron chi connectivity index (χ0n) is 9.61. The van der Waals surface area contributed by atoms with Crippen molar-refractivity contribution in [2.24, 2.45) is 0 Å². The molecule has 94 valence electrons. The van der Waals surface area contributed by atoms with Gasteiger partial charge in [-0.3, -0.25) is 4.79 Å². The summed E-state index contributed by atoms with van der Waals surface area (Å²) in [5.41, 5.74) is 2.93. The second kappa shape index (κ2) is 5.49. The van der Waals surface area contributed by atoms with Crippen molar-refractivity contribution in [2.45, 2.75) is 13.5 Å². The van der Waals surface area contributed by atoms with Gasteiger partial charge in [0.25, 0.3) is 5.91 Å². The molecule has 1 aromatic heterocycles. The van der Waals surface area contributed by atoms with Crippen molar-refractivity contribution in [2.75, 3.05) is 0 Å². The van der Waals surface area contributed by atoms with E-state index in [4.69, 9.17) is 0 Å². The fraction of sp³-hybridized carbons (Fsp3) is 0.167. The molecule has 0 spiro atoms. The molecule has 0 atom stereocenters. The molecule has 0 aliphatic carbocycles. The van der Waals surface area contributed by atoms with Crippen molar-refractivity contribution in [3.8, 4) is 5.75 Å². The Labute approximate surface area is 117 Å². The quantitative estimate of drug-likeness (QED) is 0.911. The molecule has 4 nitrogen and oxygen atoms in total. The van der Waals surface area contributed by atoms with E-state index in [0.29, 0.717) is 6.54 Å². The number of thiazole rings is 1. The van der Waals surface area contributed by atoms with Crippen molar-refractivity contribution < 1.29 is 9.90 Å². The highest BCUT2D eigenvalue weighted by molar-refractivity contribution is 9.10. The lowest BCUT2D eigenvalue weighted by atomic mass is 10.2. The van der Waals surface area contributed by atoms with Gasteiger partial charge in [-0.25, -0.2) is 4.98 Å². The van der Waals surface area contributed by atoms with Gasteiger partial charge in [-0.05, 0) is 25.1 Å². The summed E-state index contributed by atoms with van der Waals surface area (Å²) in [6.45, 7) is 2.32. The van der Waals surface area contributed by atoms with E-state index in [0.717, 1.165) is 15.0 Å². The van der Waals surface area contributed by atoms with Gasteiger partial charge in [0.05, 0.1) is 23.3 Å². The van der Waals surface area contributed by atoms with E-state index in [-0.39, 0.29) is 17.2 Å². The van der Waals surface area contributed by atoms with Gasteiger partial charge in [0.15, 0.2) is 0 Å². The SMILES string of the molecule is Cc1ncsc1CNC(=O)c1ccc(Br)cc1O. The maximum absolute atomic E-state index is 11.9. The highest BCUT2D eigenvalue weighted by Crippen LogP contribution is 2.22. The van der Waals surface area contributed by atoms with Crippen LogP contribution in [0, 0.1) is 6.92 Å². The number of hydrogen-bond donors (Lipinski definition) is 2. The Balaban J connectivity index is 2.06. The Kier molecular flexibility index (Phi) is 3.98. The van der Waals surface area contributed by atoms with Crippen LogP contribution in [0.4, 0.5) is 0 Å². The van der Waals surface area contributed by atoms with E-state index >= 15 is 0 Å². The topological polar surface area (TPSA) is 62.2 Å². The first-order chi connectivity index (χ1) is 8.58. The fourth-order valence-electron chi connectivity index (χ4n) is 1.45. The summed E-state index contributed by atoms with van der Waals surface area (Å²) < 4.78 is 0.731. The van der Waals surface area contributed by atoms with Gasteiger partial charge in [0.2, 0.25) is 0 Å². The van der Waals surface area contributed by atoms with Crippen LogP contribution in [0.15, 0.2) is 28.2 Å². The number of phenols is 1. The first-order valence-electron chi connectivity index (χ1n) is 5.23. The van der Waals surface area contributed by atoms with Crippen LogP contribution in [0.2, 0.25) is 0 Å². The Morgan fingerprint density at radius 1 is 1.56 bits per heavy atom. The first-order valence-corrected chi connectivity index (χ1v) is 6.91. The van der Waals surface area contributed by atoms with Gasteiger partial charge in [0, 0.05) is 9.35 Å². The van der Waals surface area contributed by atoms with E-state index in [2.05, 4.69) is 26.2 Å². The van der Waals surface area contributed by atoms with Crippen molar-refractivity contribution >= 4 is 33.2 Å². The van der Waals surface area contributed by atoms with Crippen molar-refractivity contribution in [3.05, 3.63) is 44.3 Å². The average Bonchev–Trinajstić information content (AvgIpc) is 2.72. The molecule has 1 amide bonds. The number of amides is 1. The number of aryl methyl sites for hydroxylation is 1. The Hall–Kier alpha value is -1.40. The molecule has 0 radical (unpaired) electrons. The second-order valence-corrected chi connectivity index (χ2v) is 5.56. The second-order valence-electron chi connectivity index (χ2n) is 3.71. The molecule has 0 saturated heterocycles. The molecule has 0 saturated carbocycles. The van der Waals surface area contributed by atoms with Gasteiger partial charge in [-0.1, -0.05) is 15.9 Å². The van der Waals surface area contributed by atoms with Crippen LogP contribution in [0.1, 0.15) is 20.9 Å². The number of hydrogen-bond acceptors (Lipinski definition) is 4. The van der Waals surface area contributed by atoms with Gasteiger partial charge in [0.1, 0.15) is 5.75 Å². The largest absolute Gasteiger partial charge is 0.507 e. The lowest BCUT2D eigenvalue weighted by Gasteiger charge is -2.06. The summed E-state index contributed by atoms with van der Waals surface area (Å²) in [6.07, 6.45) is 0. The number of benzene rings is 1. The third-order valence-corrected chi connectivity index (χ3v) is 3.89. The van der Waals surface area contributed by atoms with E-state index in [1.54, 1.807) is 17.6 Å². The predicted molar refractivity (Wildman–Crippen MR) is 73.8 cm³/mol. The minimum Gasteiger partial charge on any atom is -0.507 e. The zero-order valence-corrected chi connectivity index (χ0v) is 12.0. The smallest absolute Gasteiger partial charge is 0.255 e. The molecule has 2 N–H and O–H groups in total. The highest BCUT2D eigenvalue weighted by atomic mass is 79.9. The van der Waals surface area contributed by atoms with Crippen molar-refractivity contribution in [1.82, 2.24) is 10.3 Å². The Morgan fingerprint density at radius 3 is 2.94 bits per heavy atom. The van der Waals surface area contributed by atoms with Crippen molar-refractivity contribution in [1.29, 1.82) is 0 Å². The maximum Gasteiger partial charge on any atom is 0.255 e. The molecule has 6 heteroatoms. The number of aromatic hydroxyl groups is 1. The molecule has 1 heterocycles. The third-order valence-electron chi connectivity index (χ3n) is 2.46. The number of rotatable bonds is 3. The molecule has 0 unspecified atom stereocenters. The fourth-order valence-corrected chi connectivity index (χ4v) is 2.51. The highest BCUT2D eigenvalue weighted by Gasteiger charge is 2.11. The maximum atomic E-state index is 11.9. The number of aromatic nitrogens is 1. The molecular formula is C12H11BrN2O2S. The molecule has 18 heavy (non-hydrogen) atoms. The predicted octanol–water partition coefficient (Wildman–Crippen LogP) is 2.85. The summed E-state index contributed by atoms with van der Waals surface area (Å²) in [5.74, 6) is -0.337. The molecular weight excluding hydrogens is 316 g/mol. The first kappa shape index (κ1) is 13.0. The summed E-state index contributed by atoms with van der Waals surface area (Å²) in [4.78, 5) is 17.0. The lowest BCUT2D eigenvalue weighted by molar-refractivity contribution is 0.0948. The summed E-state index contributed by atoms with van der Waals surface area (Å²) >= 11 is 4.72. The van der Waals surface area contributed by atoms with Crippen LogP contribution in [-0.2, 0) is 6.54 Å². The number of nitrogens with one attached hydrogen (secondary N) is 1. The minimum atomic E-state index is -0.298. The van der Waals surface area contributed by atoms with Crippen LogP contribution in [0.5, 0.6) is 5.75 Å². The third kappa shape index (κ3) is 2.88. The molecule has 2 rings (SSSR count). The minimum absolute atomic E-state index is 0.0390. The van der Waals surface area contributed by atoms with Crippen LogP contribution in [0.3, 0.4) is 0 Å². The van der Waals surface area contributed by atoms with Crippen LogP contribution in [0.25, 0.3) is 0 Å².